The monoisotopic (exact) mass is 526 g/mol. The summed E-state index contributed by atoms with van der Waals surface area (Å²) in [4.78, 5) is 10.9. The highest BCUT2D eigenvalue weighted by Gasteiger charge is 2.40. The van der Waals surface area contributed by atoms with Crippen LogP contribution in [0.15, 0.2) is 73.8 Å². The summed E-state index contributed by atoms with van der Waals surface area (Å²) in [6, 6.07) is 15.2. The largest absolute Gasteiger partial charge is 0.468 e. The molecule has 0 amide bonds. The number of H-pyrrole nitrogens is 1. The van der Waals surface area contributed by atoms with E-state index in [2.05, 4.69) is 16.0 Å². The van der Waals surface area contributed by atoms with Gasteiger partial charge in [0, 0.05) is 30.3 Å². The lowest BCUT2D eigenvalue weighted by molar-refractivity contribution is 0.183. The van der Waals surface area contributed by atoms with Gasteiger partial charge in [-0.2, -0.15) is 0 Å². The van der Waals surface area contributed by atoms with Crippen LogP contribution in [-0.4, -0.2) is 54.8 Å². The molecule has 1 aromatic carbocycles. The number of para-hydroxylation sites is 1. The normalized spacial score (nSPS) is 18.4. The molecule has 1 N–H and O–H groups in total. The number of thiophene rings is 1. The zero-order valence-electron chi connectivity index (χ0n) is 19.3. The molecule has 35 heavy (non-hydrogen) atoms. The van der Waals surface area contributed by atoms with E-state index in [4.69, 9.17) is 9.41 Å². The molecule has 1 fully saturated rings. The van der Waals surface area contributed by atoms with Gasteiger partial charge >= 0.3 is 0 Å². The third kappa shape index (κ3) is 4.22. The lowest BCUT2D eigenvalue weighted by Gasteiger charge is -2.37. The number of anilines is 1. The van der Waals surface area contributed by atoms with Crippen molar-refractivity contribution in [3.63, 3.8) is 0 Å². The number of piperidine rings is 1. The van der Waals surface area contributed by atoms with Crippen LogP contribution in [-0.2, 0) is 16.6 Å². The molecule has 4 aromatic rings. The lowest BCUT2D eigenvalue weighted by atomic mass is 9.95. The maximum Gasteiger partial charge on any atom is 0.273 e. The van der Waals surface area contributed by atoms with Crippen LogP contribution in [0.4, 0.5) is 5.69 Å². The number of benzene rings is 1. The average Bonchev–Trinajstić information content (AvgIpc) is 3.67. The fourth-order valence-corrected chi connectivity index (χ4v) is 8.46. The molecule has 0 saturated carbocycles. The Kier molecular flexibility index (Phi) is 5.79. The number of furan rings is 1. The van der Waals surface area contributed by atoms with E-state index in [-0.39, 0.29) is 4.75 Å². The number of likely N-dealkylation sites (tertiary alicyclic amines) is 1. The van der Waals surface area contributed by atoms with E-state index < -0.39 is 10.0 Å². The maximum absolute atomic E-state index is 13.1. The van der Waals surface area contributed by atoms with Crippen LogP contribution in [0.2, 0.25) is 0 Å². The molecular formula is C25H26N4O3S3. The summed E-state index contributed by atoms with van der Waals surface area (Å²) < 4.78 is 33.6. The van der Waals surface area contributed by atoms with Crippen LogP contribution >= 0.6 is 23.1 Å². The van der Waals surface area contributed by atoms with Crippen LogP contribution in [0, 0.1) is 0 Å². The smallest absolute Gasteiger partial charge is 0.273 e. The highest BCUT2D eigenvalue weighted by Crippen LogP contribution is 2.44. The Morgan fingerprint density at radius 3 is 2.77 bits per heavy atom. The number of aromatic nitrogens is 1. The Morgan fingerprint density at radius 1 is 1.17 bits per heavy atom. The maximum atomic E-state index is 13.1. The molecule has 1 spiro atoms. The van der Waals surface area contributed by atoms with Gasteiger partial charge in [-0.15, -0.1) is 11.3 Å². The Bertz CT molecular complexity index is 1470. The molecule has 182 valence electrons. The summed E-state index contributed by atoms with van der Waals surface area (Å²) in [5.41, 5.74) is 2.39. The number of nitrogens with zero attached hydrogens (tertiary/aromatic N) is 3. The van der Waals surface area contributed by atoms with Crippen molar-refractivity contribution >= 4 is 54.8 Å². The standard InChI is InChI=1S/C25H26N4O3S3/c1-28(35(30,31)22-8-4-14-33-22)21-7-2-5-18-15-20(27-23(18)21)24-26-17-25(34-24)9-11-29(12-10-25)16-19-6-3-13-32-19/h2-8,13-15,27H,9-12,16-17H2,1H3. The topological polar surface area (TPSA) is 81.9 Å². The minimum absolute atomic E-state index is 0.133. The number of sulfonamides is 1. The fraction of sp³-hybridized carbons (Fsp3) is 0.320. The van der Waals surface area contributed by atoms with Crippen LogP contribution in [0.5, 0.6) is 0 Å². The first-order valence-corrected chi connectivity index (χ1v) is 14.7. The molecule has 0 atom stereocenters. The van der Waals surface area contributed by atoms with Crippen molar-refractivity contribution in [1.82, 2.24) is 9.88 Å². The molecule has 6 rings (SSSR count). The number of thioether (sulfide) groups is 1. The number of aromatic amines is 1. The third-order valence-electron chi connectivity index (χ3n) is 6.86. The van der Waals surface area contributed by atoms with Crippen LogP contribution < -0.4 is 4.31 Å². The van der Waals surface area contributed by atoms with E-state index in [1.807, 2.05) is 42.1 Å². The summed E-state index contributed by atoms with van der Waals surface area (Å²) in [6.45, 7) is 3.72. The summed E-state index contributed by atoms with van der Waals surface area (Å²) in [5, 5.41) is 3.76. The summed E-state index contributed by atoms with van der Waals surface area (Å²) >= 11 is 3.09. The van der Waals surface area contributed by atoms with Gasteiger partial charge in [-0.1, -0.05) is 30.0 Å². The first kappa shape index (κ1) is 22.9. The van der Waals surface area contributed by atoms with E-state index >= 15 is 0 Å². The highest BCUT2D eigenvalue weighted by atomic mass is 32.2. The van der Waals surface area contributed by atoms with Gasteiger partial charge in [0.1, 0.15) is 15.0 Å². The molecule has 5 heterocycles. The van der Waals surface area contributed by atoms with Crippen molar-refractivity contribution in [2.75, 3.05) is 31.0 Å². The van der Waals surface area contributed by atoms with E-state index in [0.717, 1.165) is 66.4 Å². The zero-order valence-corrected chi connectivity index (χ0v) is 21.8. The van der Waals surface area contributed by atoms with Gasteiger partial charge in [-0.25, -0.2) is 8.42 Å². The quantitative estimate of drug-likeness (QED) is 0.375. The molecule has 3 aromatic heterocycles. The van der Waals surface area contributed by atoms with Gasteiger partial charge in [0.2, 0.25) is 0 Å². The number of hydrogen-bond donors (Lipinski definition) is 1. The number of hydrogen-bond acceptors (Lipinski definition) is 7. The summed E-state index contributed by atoms with van der Waals surface area (Å²) in [6.07, 6.45) is 3.89. The van der Waals surface area contributed by atoms with Gasteiger partial charge < -0.3 is 9.40 Å². The SMILES string of the molecule is CN(c1cccc2cc(C3=NCC4(CCN(Cc5ccco5)CC4)S3)[nH]c12)S(=O)(=O)c1cccs1. The minimum Gasteiger partial charge on any atom is -0.468 e. The Labute approximate surface area is 212 Å². The van der Waals surface area contributed by atoms with Gasteiger partial charge in [0.05, 0.1) is 36.3 Å². The Morgan fingerprint density at radius 2 is 2.03 bits per heavy atom. The Hall–Kier alpha value is -2.53. The fourth-order valence-electron chi connectivity index (χ4n) is 4.82. The number of rotatable bonds is 6. The van der Waals surface area contributed by atoms with Crippen molar-refractivity contribution in [3.05, 3.63) is 71.6 Å². The number of nitrogens with one attached hydrogen (secondary N) is 1. The van der Waals surface area contributed by atoms with E-state index in [9.17, 15) is 8.42 Å². The number of aliphatic imine (C=N–C) groups is 1. The molecule has 0 radical (unpaired) electrons. The van der Waals surface area contributed by atoms with Gasteiger partial charge in [-0.3, -0.25) is 14.2 Å². The third-order valence-corrected chi connectivity index (χ3v) is 11.5. The van der Waals surface area contributed by atoms with Crippen LogP contribution in [0.25, 0.3) is 10.9 Å². The summed E-state index contributed by atoms with van der Waals surface area (Å²) in [7, 11) is -2.00. The van der Waals surface area contributed by atoms with Gasteiger partial charge in [-0.05, 0) is 48.6 Å². The van der Waals surface area contributed by atoms with E-state index in [1.165, 1.54) is 15.6 Å². The summed E-state index contributed by atoms with van der Waals surface area (Å²) in [5.74, 6) is 1.01. The van der Waals surface area contributed by atoms with Crippen molar-refractivity contribution in [3.8, 4) is 0 Å². The van der Waals surface area contributed by atoms with Gasteiger partial charge in [0.25, 0.3) is 10.0 Å². The van der Waals surface area contributed by atoms with Crippen molar-refractivity contribution < 1.29 is 12.8 Å². The molecule has 10 heteroatoms. The molecule has 7 nitrogen and oxygen atoms in total. The predicted molar refractivity (Wildman–Crippen MR) is 143 cm³/mol. The Balaban J connectivity index is 1.20. The molecule has 0 unspecified atom stereocenters. The second-order valence-corrected chi connectivity index (χ2v) is 13.7. The highest BCUT2D eigenvalue weighted by molar-refractivity contribution is 8.15. The second-order valence-electron chi connectivity index (χ2n) is 9.09. The first-order valence-electron chi connectivity index (χ1n) is 11.6. The predicted octanol–water partition coefficient (Wildman–Crippen LogP) is 5.18. The average molecular weight is 527 g/mol. The first-order chi connectivity index (χ1) is 16.9. The molecule has 1 saturated heterocycles. The molecular weight excluding hydrogens is 501 g/mol. The number of fused-ring (bicyclic) bond motifs is 1. The van der Waals surface area contributed by atoms with Crippen molar-refractivity contribution in [2.24, 2.45) is 4.99 Å². The van der Waals surface area contributed by atoms with E-state index in [1.54, 1.807) is 30.8 Å². The molecule has 0 aliphatic carbocycles. The zero-order chi connectivity index (χ0) is 24.0. The van der Waals surface area contributed by atoms with Gasteiger partial charge in [0.15, 0.2) is 0 Å². The molecule has 2 aliphatic rings. The van der Waals surface area contributed by atoms with Crippen LogP contribution in [0.1, 0.15) is 24.3 Å². The van der Waals surface area contributed by atoms with Crippen LogP contribution in [0.3, 0.4) is 0 Å². The molecule has 0 bridgehead atoms. The van der Waals surface area contributed by atoms with Crippen molar-refractivity contribution in [1.29, 1.82) is 0 Å². The molecule has 2 aliphatic heterocycles. The minimum atomic E-state index is -3.61. The lowest BCUT2D eigenvalue weighted by Crippen LogP contribution is -2.42. The van der Waals surface area contributed by atoms with E-state index in [0.29, 0.717) is 9.90 Å². The van der Waals surface area contributed by atoms with Crippen molar-refractivity contribution in [2.45, 2.75) is 28.3 Å². The second kappa shape index (κ2) is 8.85.